The topological polar surface area (TPSA) is 63.6 Å². The van der Waals surface area contributed by atoms with Crippen molar-refractivity contribution in [3.63, 3.8) is 0 Å². The Balaban J connectivity index is 2.00. The normalized spacial score (nSPS) is 10.9. The minimum Gasteiger partial charge on any atom is -0.373 e. The van der Waals surface area contributed by atoms with E-state index in [4.69, 9.17) is 0 Å². The predicted octanol–water partition coefficient (Wildman–Crippen LogP) is 4.07. The summed E-state index contributed by atoms with van der Waals surface area (Å²) in [6.45, 7) is 0. The van der Waals surface area contributed by atoms with Crippen molar-refractivity contribution < 1.29 is 8.78 Å². The number of hydrogen-bond acceptors (Lipinski definition) is 5. The van der Waals surface area contributed by atoms with E-state index in [1.54, 1.807) is 25.2 Å². The Hall–Kier alpha value is -3.48. The van der Waals surface area contributed by atoms with Crippen molar-refractivity contribution in [2.75, 3.05) is 12.4 Å². The summed E-state index contributed by atoms with van der Waals surface area (Å²) in [6.07, 6.45) is 4.54. The lowest BCUT2D eigenvalue weighted by Crippen LogP contribution is -2.02. The van der Waals surface area contributed by atoms with Crippen molar-refractivity contribution >= 4 is 16.7 Å². The minimum absolute atomic E-state index is 0.0887. The van der Waals surface area contributed by atoms with Crippen LogP contribution in [-0.4, -0.2) is 27.0 Å². The Morgan fingerprint density at radius 2 is 1.77 bits per heavy atom. The van der Waals surface area contributed by atoms with Gasteiger partial charge < -0.3 is 5.32 Å². The van der Waals surface area contributed by atoms with E-state index in [1.807, 2.05) is 0 Å². The van der Waals surface area contributed by atoms with Crippen LogP contribution in [0.2, 0.25) is 0 Å². The van der Waals surface area contributed by atoms with E-state index in [0.29, 0.717) is 16.9 Å². The van der Waals surface area contributed by atoms with E-state index in [1.165, 1.54) is 36.8 Å². The fourth-order valence-electron chi connectivity index (χ4n) is 2.77. The quantitative estimate of drug-likeness (QED) is 0.604. The van der Waals surface area contributed by atoms with Crippen LogP contribution in [0.3, 0.4) is 0 Å². The Morgan fingerprint density at radius 3 is 2.50 bits per heavy atom. The maximum Gasteiger partial charge on any atom is 0.182 e. The van der Waals surface area contributed by atoms with Crippen LogP contribution in [0.4, 0.5) is 14.6 Å². The number of nitrogens with one attached hydrogen (secondary N) is 1. The summed E-state index contributed by atoms with van der Waals surface area (Å²) >= 11 is 0. The Bertz CT molecular complexity index is 1100. The lowest BCUT2D eigenvalue weighted by atomic mass is 10.0. The van der Waals surface area contributed by atoms with Gasteiger partial charge in [0.1, 0.15) is 22.8 Å². The smallest absolute Gasteiger partial charge is 0.182 e. The molecule has 0 bridgehead atoms. The van der Waals surface area contributed by atoms with Crippen molar-refractivity contribution in [1.82, 2.24) is 19.9 Å². The van der Waals surface area contributed by atoms with Crippen molar-refractivity contribution in [1.29, 1.82) is 0 Å². The molecule has 0 fully saturated rings. The molecule has 5 nitrogen and oxygen atoms in total. The average Bonchev–Trinajstić information content (AvgIpc) is 2.69. The molecular formula is C19H13F2N5. The van der Waals surface area contributed by atoms with Gasteiger partial charge in [0.2, 0.25) is 0 Å². The maximum absolute atomic E-state index is 15.2. The van der Waals surface area contributed by atoms with Gasteiger partial charge in [0, 0.05) is 36.0 Å². The molecule has 0 atom stereocenters. The fourth-order valence-corrected chi connectivity index (χ4v) is 2.77. The molecular weight excluding hydrogens is 336 g/mol. The van der Waals surface area contributed by atoms with Crippen LogP contribution in [0.1, 0.15) is 0 Å². The number of anilines is 1. The first-order chi connectivity index (χ1) is 12.7. The second-order valence-corrected chi connectivity index (χ2v) is 5.54. The van der Waals surface area contributed by atoms with E-state index >= 15 is 4.39 Å². The molecule has 0 saturated carbocycles. The summed E-state index contributed by atoms with van der Waals surface area (Å²) in [5, 5.41) is 3.44. The highest BCUT2D eigenvalue weighted by molar-refractivity contribution is 5.94. The fraction of sp³-hybridized carbons (Fsp3) is 0.0526. The molecule has 7 heteroatoms. The monoisotopic (exact) mass is 349 g/mol. The second kappa shape index (κ2) is 6.44. The number of halogens is 2. The standard InChI is InChI=1S/C19H13F2N5/c1-22-18-13-7-6-12(11-4-2-3-5-14(11)20)16(21)17(13)25-19(26-18)15-10-23-8-9-24-15/h2-10H,1H3,(H,22,25,26). The summed E-state index contributed by atoms with van der Waals surface area (Å²) < 4.78 is 29.3. The molecule has 0 saturated heterocycles. The lowest BCUT2D eigenvalue weighted by Gasteiger charge is -2.11. The summed E-state index contributed by atoms with van der Waals surface area (Å²) in [7, 11) is 1.69. The van der Waals surface area contributed by atoms with Crippen LogP contribution < -0.4 is 5.32 Å². The highest BCUT2D eigenvalue weighted by Gasteiger charge is 2.18. The first-order valence-electron chi connectivity index (χ1n) is 7.88. The van der Waals surface area contributed by atoms with Gasteiger partial charge in [-0.25, -0.2) is 23.7 Å². The first-order valence-corrected chi connectivity index (χ1v) is 7.88. The molecule has 1 N–H and O–H groups in total. The van der Waals surface area contributed by atoms with Crippen molar-refractivity contribution in [3.05, 3.63) is 66.6 Å². The Morgan fingerprint density at radius 1 is 0.923 bits per heavy atom. The van der Waals surface area contributed by atoms with Crippen LogP contribution in [-0.2, 0) is 0 Å². The first kappa shape index (κ1) is 16.0. The zero-order valence-corrected chi connectivity index (χ0v) is 13.7. The molecule has 2 aromatic heterocycles. The molecule has 0 radical (unpaired) electrons. The minimum atomic E-state index is -0.614. The Labute approximate surface area is 147 Å². The van der Waals surface area contributed by atoms with E-state index in [9.17, 15) is 4.39 Å². The van der Waals surface area contributed by atoms with Crippen LogP contribution in [0, 0.1) is 11.6 Å². The molecule has 2 aromatic carbocycles. The van der Waals surface area contributed by atoms with Crippen LogP contribution in [0.15, 0.2) is 55.0 Å². The molecule has 0 aliphatic rings. The number of hydrogen-bond donors (Lipinski definition) is 1. The second-order valence-electron chi connectivity index (χ2n) is 5.54. The molecule has 0 aliphatic heterocycles. The molecule has 4 aromatic rings. The largest absolute Gasteiger partial charge is 0.373 e. The molecule has 26 heavy (non-hydrogen) atoms. The number of fused-ring (bicyclic) bond motifs is 1. The van der Waals surface area contributed by atoms with Gasteiger partial charge in [0.25, 0.3) is 0 Å². The molecule has 0 spiro atoms. The average molecular weight is 349 g/mol. The zero-order valence-electron chi connectivity index (χ0n) is 13.7. The van der Waals surface area contributed by atoms with Gasteiger partial charge in [0.15, 0.2) is 11.6 Å². The zero-order chi connectivity index (χ0) is 18.1. The number of aromatic nitrogens is 4. The maximum atomic E-state index is 15.2. The number of nitrogens with zero attached hydrogens (tertiary/aromatic N) is 4. The Kier molecular flexibility index (Phi) is 3.96. The summed E-state index contributed by atoms with van der Waals surface area (Å²) in [4.78, 5) is 16.9. The van der Waals surface area contributed by atoms with Crippen LogP contribution in [0.5, 0.6) is 0 Å². The van der Waals surface area contributed by atoms with E-state index in [2.05, 4.69) is 25.3 Å². The molecule has 0 amide bonds. The SMILES string of the molecule is CNc1nc(-c2cnccn2)nc2c(F)c(-c3ccccc3F)ccc12. The van der Waals surface area contributed by atoms with Crippen molar-refractivity contribution in [2.24, 2.45) is 0 Å². The summed E-state index contributed by atoms with van der Waals surface area (Å²) in [5.74, 6) is -0.423. The predicted molar refractivity (Wildman–Crippen MR) is 95.5 cm³/mol. The molecule has 0 aliphatic carbocycles. The number of benzene rings is 2. The van der Waals surface area contributed by atoms with Gasteiger partial charge in [-0.2, -0.15) is 0 Å². The van der Waals surface area contributed by atoms with E-state index < -0.39 is 11.6 Å². The summed E-state index contributed by atoms with van der Waals surface area (Å²) in [6, 6.07) is 9.25. The third-order valence-electron chi connectivity index (χ3n) is 4.00. The highest BCUT2D eigenvalue weighted by atomic mass is 19.1. The molecule has 128 valence electrons. The molecule has 2 heterocycles. The highest BCUT2D eigenvalue weighted by Crippen LogP contribution is 2.32. The van der Waals surface area contributed by atoms with Gasteiger partial charge >= 0.3 is 0 Å². The lowest BCUT2D eigenvalue weighted by molar-refractivity contribution is 0.620. The van der Waals surface area contributed by atoms with Gasteiger partial charge in [-0.3, -0.25) is 4.98 Å². The molecule has 4 rings (SSSR count). The molecule has 0 unspecified atom stereocenters. The van der Waals surface area contributed by atoms with Gasteiger partial charge in [-0.05, 0) is 12.1 Å². The van der Waals surface area contributed by atoms with E-state index in [-0.39, 0.29) is 22.5 Å². The third-order valence-corrected chi connectivity index (χ3v) is 4.00. The number of rotatable bonds is 3. The van der Waals surface area contributed by atoms with Crippen LogP contribution in [0.25, 0.3) is 33.5 Å². The van der Waals surface area contributed by atoms with Gasteiger partial charge in [0.05, 0.1) is 6.20 Å². The third kappa shape index (κ3) is 2.63. The summed E-state index contributed by atoms with van der Waals surface area (Å²) in [5.41, 5.74) is 0.825. The van der Waals surface area contributed by atoms with Crippen molar-refractivity contribution in [2.45, 2.75) is 0 Å². The van der Waals surface area contributed by atoms with Gasteiger partial charge in [-0.1, -0.05) is 24.3 Å². The van der Waals surface area contributed by atoms with Crippen LogP contribution >= 0.6 is 0 Å². The van der Waals surface area contributed by atoms with Crippen molar-refractivity contribution in [3.8, 4) is 22.6 Å². The van der Waals surface area contributed by atoms with E-state index in [0.717, 1.165) is 0 Å². The van der Waals surface area contributed by atoms with Gasteiger partial charge in [-0.15, -0.1) is 0 Å².